The maximum absolute atomic E-state index is 5.87. The minimum Gasteiger partial charge on any atom is -0.353 e. The van der Waals surface area contributed by atoms with Crippen LogP contribution in [0.25, 0.3) is 0 Å². The molecule has 0 bridgehead atoms. The van der Waals surface area contributed by atoms with Crippen LogP contribution in [0.5, 0.6) is 0 Å². The summed E-state index contributed by atoms with van der Waals surface area (Å²) in [5, 5.41) is 0. The van der Waals surface area contributed by atoms with E-state index in [9.17, 15) is 0 Å². The fourth-order valence-corrected chi connectivity index (χ4v) is 2.25. The van der Waals surface area contributed by atoms with Crippen LogP contribution in [0.2, 0.25) is 0 Å². The molecular formula is C11H24N2O3+2. The highest BCUT2D eigenvalue weighted by atomic mass is 17.2. The first-order valence-electron chi connectivity index (χ1n) is 6.19. The van der Waals surface area contributed by atoms with Crippen LogP contribution in [0.15, 0.2) is 0 Å². The Morgan fingerprint density at radius 3 is 2.38 bits per heavy atom. The molecule has 5 heteroatoms. The molecule has 0 aromatic rings. The van der Waals surface area contributed by atoms with Gasteiger partial charge >= 0.3 is 0 Å². The van der Waals surface area contributed by atoms with Gasteiger partial charge in [0, 0.05) is 0 Å². The largest absolute Gasteiger partial charge is 0.353 e. The van der Waals surface area contributed by atoms with E-state index in [0.717, 1.165) is 39.0 Å². The highest BCUT2D eigenvalue weighted by molar-refractivity contribution is 4.78. The van der Waals surface area contributed by atoms with Gasteiger partial charge in [0.05, 0.1) is 32.5 Å². The fraction of sp³-hybridized carbons (Fsp3) is 1.00. The van der Waals surface area contributed by atoms with Gasteiger partial charge in [0.15, 0.2) is 0 Å². The van der Waals surface area contributed by atoms with Gasteiger partial charge in [-0.15, -0.1) is 0 Å². The summed E-state index contributed by atoms with van der Waals surface area (Å²) < 4.78 is 5.87. The lowest BCUT2D eigenvalue weighted by Crippen LogP contribution is -3.15. The Morgan fingerprint density at radius 2 is 1.88 bits per heavy atom. The monoisotopic (exact) mass is 232 g/mol. The van der Waals surface area contributed by atoms with E-state index in [1.165, 1.54) is 0 Å². The summed E-state index contributed by atoms with van der Waals surface area (Å²) in [5.74, 6) is -0.472. The van der Waals surface area contributed by atoms with Crippen LogP contribution in [-0.2, 0) is 14.5 Å². The predicted octanol–water partition coefficient (Wildman–Crippen LogP) is -1.64. The van der Waals surface area contributed by atoms with E-state index in [2.05, 4.69) is 5.73 Å². The lowest BCUT2D eigenvalue weighted by atomic mass is 10.0. The molecule has 2 rings (SSSR count). The van der Waals surface area contributed by atoms with E-state index in [4.69, 9.17) is 14.5 Å². The lowest BCUT2D eigenvalue weighted by molar-refractivity contribution is -0.915. The standard InChI is InChI=1S/C11H22N2O3/c1-10(2)9-14-11(16-15-10)3-6-13(7-4-11)8-5-12/h3-9,12H2,1-2H3/p+2. The van der Waals surface area contributed by atoms with Gasteiger partial charge in [-0.05, 0) is 13.8 Å². The zero-order valence-corrected chi connectivity index (χ0v) is 10.4. The third-order valence-electron chi connectivity index (χ3n) is 3.35. The van der Waals surface area contributed by atoms with Crippen LogP contribution in [0.4, 0.5) is 0 Å². The van der Waals surface area contributed by atoms with Crippen LogP contribution in [0.3, 0.4) is 0 Å². The number of piperidine rings is 1. The lowest BCUT2D eigenvalue weighted by Gasteiger charge is -2.44. The maximum Gasteiger partial charge on any atom is 0.212 e. The quantitative estimate of drug-likeness (QED) is 0.562. The summed E-state index contributed by atoms with van der Waals surface area (Å²) in [5.41, 5.74) is 3.58. The number of rotatable bonds is 2. The first kappa shape index (κ1) is 12.3. The average Bonchev–Trinajstić information content (AvgIpc) is 2.27. The molecule has 2 aliphatic rings. The van der Waals surface area contributed by atoms with Crippen molar-refractivity contribution in [1.29, 1.82) is 0 Å². The van der Waals surface area contributed by atoms with Gasteiger partial charge in [0.1, 0.15) is 18.7 Å². The molecule has 0 aliphatic carbocycles. The number of nitrogens with one attached hydrogen (secondary N) is 1. The minimum absolute atomic E-state index is 0.317. The highest BCUT2D eigenvalue weighted by Crippen LogP contribution is 2.32. The Kier molecular flexibility index (Phi) is 3.51. The molecule has 5 nitrogen and oxygen atoms in total. The molecular weight excluding hydrogens is 208 g/mol. The molecule has 2 fully saturated rings. The third-order valence-corrected chi connectivity index (χ3v) is 3.35. The molecule has 0 unspecified atom stereocenters. The third kappa shape index (κ3) is 2.73. The first-order chi connectivity index (χ1) is 7.55. The van der Waals surface area contributed by atoms with E-state index < -0.39 is 5.79 Å². The van der Waals surface area contributed by atoms with Crippen molar-refractivity contribution >= 4 is 0 Å². The van der Waals surface area contributed by atoms with E-state index >= 15 is 0 Å². The van der Waals surface area contributed by atoms with E-state index in [0.29, 0.717) is 6.61 Å². The second kappa shape index (κ2) is 4.58. The van der Waals surface area contributed by atoms with Gasteiger partial charge in [-0.25, -0.2) is 4.89 Å². The summed E-state index contributed by atoms with van der Waals surface area (Å²) in [6.07, 6.45) is 1.83. The Balaban J connectivity index is 1.84. The molecule has 0 aromatic heterocycles. The Bertz CT molecular complexity index is 225. The predicted molar refractivity (Wildman–Crippen MR) is 57.5 cm³/mol. The van der Waals surface area contributed by atoms with Crippen molar-refractivity contribution in [2.75, 3.05) is 32.8 Å². The van der Waals surface area contributed by atoms with E-state index in [1.807, 2.05) is 13.8 Å². The van der Waals surface area contributed by atoms with Crippen molar-refractivity contribution in [3.63, 3.8) is 0 Å². The van der Waals surface area contributed by atoms with Gasteiger partial charge in [-0.2, -0.15) is 4.89 Å². The van der Waals surface area contributed by atoms with E-state index in [1.54, 1.807) is 4.90 Å². The molecule has 2 heterocycles. The maximum atomic E-state index is 5.87. The highest BCUT2D eigenvalue weighted by Gasteiger charge is 2.46. The average molecular weight is 232 g/mol. The molecule has 2 saturated heterocycles. The normalized spacial score (nSPS) is 38.8. The second-order valence-electron chi connectivity index (χ2n) is 5.48. The second-order valence-corrected chi connectivity index (χ2v) is 5.48. The van der Waals surface area contributed by atoms with Gasteiger partial charge in [0.2, 0.25) is 5.79 Å². The Labute approximate surface area is 96.7 Å². The summed E-state index contributed by atoms with van der Waals surface area (Å²) >= 11 is 0. The zero-order valence-electron chi connectivity index (χ0n) is 10.4. The molecule has 1 spiro atoms. The van der Waals surface area contributed by atoms with Crippen LogP contribution in [0.1, 0.15) is 26.7 Å². The molecule has 94 valence electrons. The number of quaternary nitrogens is 2. The van der Waals surface area contributed by atoms with Crippen LogP contribution >= 0.6 is 0 Å². The van der Waals surface area contributed by atoms with Crippen LogP contribution in [0, 0.1) is 0 Å². The van der Waals surface area contributed by atoms with Gasteiger partial charge in [0.25, 0.3) is 0 Å². The van der Waals surface area contributed by atoms with Crippen LogP contribution in [-0.4, -0.2) is 44.2 Å². The van der Waals surface area contributed by atoms with Gasteiger partial charge in [-0.1, -0.05) is 0 Å². The molecule has 0 atom stereocenters. The van der Waals surface area contributed by atoms with Crippen molar-refractivity contribution in [3.8, 4) is 0 Å². The van der Waals surface area contributed by atoms with Crippen LogP contribution < -0.4 is 10.6 Å². The molecule has 2 aliphatic heterocycles. The Morgan fingerprint density at radius 1 is 1.19 bits per heavy atom. The molecule has 0 amide bonds. The van der Waals surface area contributed by atoms with E-state index in [-0.39, 0.29) is 5.60 Å². The smallest absolute Gasteiger partial charge is 0.212 e. The Hall–Kier alpha value is -0.200. The van der Waals surface area contributed by atoms with Gasteiger partial charge in [-0.3, -0.25) is 0 Å². The summed E-state index contributed by atoms with van der Waals surface area (Å²) in [4.78, 5) is 12.5. The van der Waals surface area contributed by atoms with Crippen molar-refractivity contribution in [3.05, 3.63) is 0 Å². The number of hydrogen-bond donors (Lipinski definition) is 2. The molecule has 4 N–H and O–H groups in total. The summed E-state index contributed by atoms with van der Waals surface area (Å²) in [6, 6.07) is 0. The summed E-state index contributed by atoms with van der Waals surface area (Å²) in [6.45, 7) is 8.86. The molecule has 0 aromatic carbocycles. The topological polar surface area (TPSA) is 59.8 Å². The SMILES string of the molecule is CC1(C)COC2(CC[NH+](CC[NH3+])CC2)OO1. The number of ether oxygens (including phenoxy) is 1. The number of likely N-dealkylation sites (tertiary alicyclic amines) is 1. The molecule has 0 saturated carbocycles. The van der Waals surface area contributed by atoms with Crippen molar-refractivity contribution in [2.24, 2.45) is 0 Å². The minimum atomic E-state index is -0.472. The fourth-order valence-electron chi connectivity index (χ4n) is 2.25. The molecule has 16 heavy (non-hydrogen) atoms. The van der Waals surface area contributed by atoms with Crippen molar-refractivity contribution < 1.29 is 25.1 Å². The molecule has 0 radical (unpaired) electrons. The van der Waals surface area contributed by atoms with Crippen molar-refractivity contribution in [1.82, 2.24) is 0 Å². The van der Waals surface area contributed by atoms with Crippen molar-refractivity contribution in [2.45, 2.75) is 38.1 Å². The zero-order chi connectivity index (χ0) is 11.6. The number of hydrogen-bond acceptors (Lipinski definition) is 3. The van der Waals surface area contributed by atoms with Gasteiger partial charge < -0.3 is 15.4 Å². The summed E-state index contributed by atoms with van der Waals surface area (Å²) in [7, 11) is 0. The first-order valence-corrected chi connectivity index (χ1v) is 6.19.